The van der Waals surface area contributed by atoms with E-state index in [4.69, 9.17) is 5.73 Å². The molecular formula is C41H46N14O2. The fourth-order valence-corrected chi connectivity index (χ4v) is 8.39. The molecule has 16 nitrogen and oxygen atoms in total. The Labute approximate surface area is 330 Å². The van der Waals surface area contributed by atoms with E-state index >= 15 is 0 Å². The number of rotatable bonds is 10. The number of anilines is 3. The Balaban J connectivity index is 0.845. The number of piperazine rings is 1. The standard InChI is InChI=1S/C41H46N14O2/c1-26(21-42)47-33-20-36(55-39-30(23-46-55)19-29(22-43)38(44)49-39)45-24-35(33)54-25-34(50-51-54)28-5-3-27(4-6-28)12-14-52-15-17-53(18-16-52)32-9-7-31(8-10-32)41(2)13-11-37(56)48-40(41)57/h7-10,19-20,23-28H,3-6,11-18H2,1-2H3,(H2,44,49)(H,45,47)(H,48,56,57)/t26-,27?,28?,41-/m1/s1. The Kier molecular flexibility index (Phi) is 10.3. The first-order valence-electron chi connectivity index (χ1n) is 19.7. The molecule has 0 spiro atoms. The second-order valence-corrected chi connectivity index (χ2v) is 15.7. The Hall–Kier alpha value is -6.39. The largest absolute Gasteiger partial charge is 0.383 e. The third-order valence-corrected chi connectivity index (χ3v) is 12.1. The van der Waals surface area contributed by atoms with E-state index in [1.807, 2.05) is 31.3 Å². The number of fused-ring (bicyclic) bond motifs is 1. The van der Waals surface area contributed by atoms with Crippen LogP contribution < -0.4 is 21.3 Å². The number of carbonyl (C=O) groups excluding carboxylic acids is 2. The van der Waals surface area contributed by atoms with Gasteiger partial charge >= 0.3 is 0 Å². The van der Waals surface area contributed by atoms with E-state index in [-0.39, 0.29) is 23.2 Å². The molecule has 2 saturated heterocycles. The fourth-order valence-electron chi connectivity index (χ4n) is 8.39. The molecule has 0 bridgehead atoms. The number of hydrogen-bond acceptors (Lipinski definition) is 13. The molecule has 5 aromatic rings. The first-order valence-corrected chi connectivity index (χ1v) is 19.7. The molecular weight excluding hydrogens is 721 g/mol. The number of benzene rings is 1. The Morgan fingerprint density at radius 3 is 2.54 bits per heavy atom. The summed E-state index contributed by atoms with van der Waals surface area (Å²) in [5.74, 6) is 1.19. The lowest BCUT2D eigenvalue weighted by atomic mass is 9.75. The van der Waals surface area contributed by atoms with E-state index in [9.17, 15) is 20.1 Å². The Morgan fingerprint density at radius 1 is 1.05 bits per heavy atom. The molecule has 2 atom stereocenters. The summed E-state index contributed by atoms with van der Waals surface area (Å²) in [6, 6.07) is 15.5. The number of hydrogen-bond donors (Lipinski definition) is 3. The van der Waals surface area contributed by atoms with Gasteiger partial charge in [-0.05, 0) is 88.6 Å². The van der Waals surface area contributed by atoms with Crippen molar-refractivity contribution < 1.29 is 9.59 Å². The molecule has 3 fully saturated rings. The molecule has 6 heterocycles. The molecule has 1 aromatic carbocycles. The van der Waals surface area contributed by atoms with Crippen molar-refractivity contribution in [3.05, 3.63) is 71.8 Å². The molecule has 0 radical (unpaired) electrons. The number of amides is 2. The lowest BCUT2D eigenvalue weighted by molar-refractivity contribution is -0.137. The van der Waals surface area contributed by atoms with Gasteiger partial charge in [0, 0.05) is 55.7 Å². The van der Waals surface area contributed by atoms with Crippen LogP contribution in [0.3, 0.4) is 0 Å². The minimum Gasteiger partial charge on any atom is -0.383 e. The van der Waals surface area contributed by atoms with E-state index in [1.54, 1.807) is 40.8 Å². The quantitative estimate of drug-likeness (QED) is 0.169. The van der Waals surface area contributed by atoms with Crippen molar-refractivity contribution in [2.45, 2.75) is 76.2 Å². The maximum absolute atomic E-state index is 12.6. The van der Waals surface area contributed by atoms with Gasteiger partial charge in [-0.25, -0.2) is 14.6 Å². The van der Waals surface area contributed by atoms with Crippen molar-refractivity contribution in [1.82, 2.24) is 45.0 Å². The number of imide groups is 1. The second kappa shape index (κ2) is 15.6. The molecule has 292 valence electrons. The lowest BCUT2D eigenvalue weighted by Gasteiger charge is -2.37. The van der Waals surface area contributed by atoms with Crippen LogP contribution in [-0.4, -0.2) is 90.2 Å². The highest BCUT2D eigenvalue weighted by Crippen LogP contribution is 2.37. The Morgan fingerprint density at radius 2 is 1.82 bits per heavy atom. The van der Waals surface area contributed by atoms with Crippen LogP contribution in [0.15, 0.2) is 55.0 Å². The van der Waals surface area contributed by atoms with E-state index in [2.05, 4.69) is 64.0 Å². The molecule has 1 saturated carbocycles. The normalized spacial score (nSPS) is 22.1. The van der Waals surface area contributed by atoms with Gasteiger partial charge in [0.2, 0.25) is 11.8 Å². The number of nitriles is 2. The monoisotopic (exact) mass is 766 g/mol. The number of pyridine rings is 2. The molecule has 0 unspecified atom stereocenters. The summed E-state index contributed by atoms with van der Waals surface area (Å²) in [5.41, 5.74) is 10.4. The van der Waals surface area contributed by atoms with Gasteiger partial charge < -0.3 is 16.0 Å². The molecule has 1 aliphatic carbocycles. The summed E-state index contributed by atoms with van der Waals surface area (Å²) in [6.45, 7) is 8.78. The van der Waals surface area contributed by atoms with Crippen molar-refractivity contribution in [1.29, 1.82) is 10.5 Å². The first-order chi connectivity index (χ1) is 27.6. The third-order valence-electron chi connectivity index (χ3n) is 12.1. The maximum Gasteiger partial charge on any atom is 0.236 e. The zero-order valence-corrected chi connectivity index (χ0v) is 32.2. The fraction of sp³-hybridized carbons (Fsp3) is 0.439. The minimum absolute atomic E-state index is 0.114. The minimum atomic E-state index is -0.673. The highest BCUT2D eigenvalue weighted by atomic mass is 16.2. The number of nitrogens with zero attached hydrogens (tertiary/aromatic N) is 11. The van der Waals surface area contributed by atoms with Gasteiger partial charge in [-0.1, -0.05) is 17.3 Å². The van der Waals surface area contributed by atoms with Gasteiger partial charge in [-0.15, -0.1) is 5.10 Å². The summed E-state index contributed by atoms with van der Waals surface area (Å²) >= 11 is 0. The molecule has 8 rings (SSSR count). The molecule has 3 aliphatic rings. The van der Waals surface area contributed by atoms with Crippen LogP contribution in [0, 0.1) is 28.6 Å². The zero-order valence-electron chi connectivity index (χ0n) is 32.2. The summed E-state index contributed by atoms with van der Waals surface area (Å²) in [5, 5.41) is 38.9. The summed E-state index contributed by atoms with van der Waals surface area (Å²) in [4.78, 5) is 38.3. The predicted octanol–water partition coefficient (Wildman–Crippen LogP) is 4.35. The average Bonchev–Trinajstić information content (AvgIpc) is 3.89. The molecule has 2 aliphatic heterocycles. The van der Waals surface area contributed by atoms with E-state index < -0.39 is 11.5 Å². The maximum atomic E-state index is 12.6. The highest BCUT2D eigenvalue weighted by Gasteiger charge is 2.40. The zero-order chi connectivity index (χ0) is 39.7. The van der Waals surface area contributed by atoms with Crippen molar-refractivity contribution in [3.63, 3.8) is 0 Å². The van der Waals surface area contributed by atoms with Gasteiger partial charge in [0.05, 0.1) is 47.0 Å². The molecule has 2 amide bonds. The van der Waals surface area contributed by atoms with Crippen molar-refractivity contribution in [3.8, 4) is 23.6 Å². The number of carbonyl (C=O) groups is 2. The number of nitrogen functional groups attached to an aromatic ring is 1. The second-order valence-electron chi connectivity index (χ2n) is 15.7. The van der Waals surface area contributed by atoms with Gasteiger partial charge in [0.25, 0.3) is 0 Å². The van der Waals surface area contributed by atoms with Crippen LogP contribution in [0.4, 0.5) is 17.2 Å². The van der Waals surface area contributed by atoms with Crippen LogP contribution >= 0.6 is 0 Å². The molecule has 57 heavy (non-hydrogen) atoms. The topological polar surface area (TPSA) is 213 Å². The van der Waals surface area contributed by atoms with Crippen LogP contribution in [0.2, 0.25) is 0 Å². The number of aromatic nitrogens is 7. The number of piperidine rings is 1. The van der Waals surface area contributed by atoms with E-state index in [1.165, 1.54) is 12.1 Å². The van der Waals surface area contributed by atoms with Crippen molar-refractivity contribution >= 4 is 40.0 Å². The summed E-state index contributed by atoms with van der Waals surface area (Å²) in [7, 11) is 0. The number of nitrogens with one attached hydrogen (secondary N) is 2. The molecule has 4 aromatic heterocycles. The van der Waals surface area contributed by atoms with Crippen LogP contribution in [0.25, 0.3) is 22.5 Å². The number of nitrogens with two attached hydrogens (primary N) is 1. The smallest absolute Gasteiger partial charge is 0.236 e. The highest BCUT2D eigenvalue weighted by molar-refractivity contribution is 6.03. The van der Waals surface area contributed by atoms with E-state index in [0.717, 1.165) is 69.7 Å². The van der Waals surface area contributed by atoms with Crippen molar-refractivity contribution in [2.24, 2.45) is 5.92 Å². The van der Waals surface area contributed by atoms with Crippen LogP contribution in [0.1, 0.15) is 81.5 Å². The van der Waals surface area contributed by atoms with Gasteiger partial charge in [-0.3, -0.25) is 19.8 Å². The van der Waals surface area contributed by atoms with E-state index in [0.29, 0.717) is 52.9 Å². The van der Waals surface area contributed by atoms with Crippen LogP contribution in [-0.2, 0) is 15.0 Å². The van der Waals surface area contributed by atoms with Gasteiger partial charge in [-0.2, -0.15) is 20.3 Å². The van der Waals surface area contributed by atoms with Gasteiger partial charge in [0.1, 0.15) is 23.6 Å². The average molecular weight is 767 g/mol. The Bertz CT molecular complexity index is 2370. The van der Waals surface area contributed by atoms with Gasteiger partial charge in [0.15, 0.2) is 11.5 Å². The van der Waals surface area contributed by atoms with Crippen molar-refractivity contribution in [2.75, 3.05) is 48.7 Å². The molecule has 16 heteroatoms. The SMILES string of the molecule is C[C@H](C#N)Nc1cc(-n2ncc3cc(C#N)c(N)nc32)ncc1-n1cc(C2CCC(CCN3CCN(c4ccc([C@@]5(C)CCC(=O)NC5=O)cc4)CC3)CC2)nn1. The first kappa shape index (κ1) is 37.5. The third kappa shape index (κ3) is 7.60. The van der Waals surface area contributed by atoms with Crippen LogP contribution in [0.5, 0.6) is 0 Å². The molecule has 4 N–H and O–H groups in total. The lowest BCUT2D eigenvalue weighted by Crippen LogP contribution is -2.49. The summed E-state index contributed by atoms with van der Waals surface area (Å²) in [6.07, 6.45) is 11.8. The summed E-state index contributed by atoms with van der Waals surface area (Å²) < 4.78 is 3.27. The predicted molar refractivity (Wildman–Crippen MR) is 214 cm³/mol.